The number of hydrogen-bond donors (Lipinski definition) is 1. The number of sulfonamides is 1. The van der Waals surface area contributed by atoms with Crippen LogP contribution in [0.5, 0.6) is 5.75 Å². The maximum Gasteiger partial charge on any atom is 0.247 e. The molecule has 0 radical (unpaired) electrons. The van der Waals surface area contributed by atoms with Gasteiger partial charge in [0, 0.05) is 18.1 Å². The fourth-order valence-electron chi connectivity index (χ4n) is 3.23. The second-order valence-electron chi connectivity index (χ2n) is 7.15. The van der Waals surface area contributed by atoms with Gasteiger partial charge in [0.1, 0.15) is 11.8 Å². The fourth-order valence-corrected chi connectivity index (χ4v) is 4.40. The highest BCUT2D eigenvalue weighted by Crippen LogP contribution is 2.24. The van der Waals surface area contributed by atoms with Crippen molar-refractivity contribution < 1.29 is 17.9 Å². The number of benzene rings is 2. The maximum absolute atomic E-state index is 12.8. The Morgan fingerprint density at radius 3 is 2.13 bits per heavy atom. The van der Waals surface area contributed by atoms with E-state index in [9.17, 15) is 13.2 Å². The molecule has 0 spiro atoms. The summed E-state index contributed by atoms with van der Waals surface area (Å²) in [5.74, 6) is 0.171. The summed E-state index contributed by atoms with van der Waals surface area (Å²) >= 11 is 0. The number of nitrogens with zero attached hydrogens (tertiary/aromatic N) is 2. The highest BCUT2D eigenvalue weighted by Gasteiger charge is 2.29. The van der Waals surface area contributed by atoms with E-state index in [4.69, 9.17) is 4.74 Å². The molecule has 0 saturated carbocycles. The van der Waals surface area contributed by atoms with Crippen LogP contribution < -0.4 is 14.4 Å². The lowest BCUT2D eigenvalue weighted by molar-refractivity contribution is -0.116. The number of ether oxygens (including phenoxy) is 1. The Hall–Kier alpha value is -3.39. The quantitative estimate of drug-likeness (QED) is 0.581. The standard InChI is InChI=1S/C23H25N3O4S/c1-17(26(31(3,28)29)21-8-10-22(30-2)11-9-21)23(27)25-20-6-4-18(5-7-20)16-19-12-14-24-15-13-19/h4-15,17H,16H2,1-3H3,(H,25,27)/t17-/m1/s1. The van der Waals surface area contributed by atoms with E-state index >= 15 is 0 Å². The maximum atomic E-state index is 12.8. The molecular weight excluding hydrogens is 414 g/mol. The third kappa shape index (κ3) is 5.82. The number of anilines is 2. The van der Waals surface area contributed by atoms with Gasteiger partial charge in [0.2, 0.25) is 15.9 Å². The van der Waals surface area contributed by atoms with Crippen LogP contribution in [-0.4, -0.2) is 38.7 Å². The summed E-state index contributed by atoms with van der Waals surface area (Å²) in [6.45, 7) is 1.55. The molecule has 0 unspecified atom stereocenters. The fraction of sp³-hybridized carbons (Fsp3) is 0.217. The number of amides is 1. The molecule has 0 aliphatic heterocycles. The summed E-state index contributed by atoms with van der Waals surface area (Å²) < 4.78 is 31.0. The summed E-state index contributed by atoms with van der Waals surface area (Å²) in [4.78, 5) is 16.8. The number of carbonyl (C=O) groups excluding carboxylic acids is 1. The Labute approximate surface area is 182 Å². The van der Waals surface area contributed by atoms with Gasteiger partial charge in [-0.15, -0.1) is 0 Å². The number of carbonyl (C=O) groups is 1. The molecule has 0 saturated heterocycles. The van der Waals surface area contributed by atoms with Crippen molar-refractivity contribution in [3.05, 3.63) is 84.2 Å². The number of rotatable bonds is 8. The van der Waals surface area contributed by atoms with Gasteiger partial charge in [-0.1, -0.05) is 12.1 Å². The van der Waals surface area contributed by atoms with Gasteiger partial charge < -0.3 is 10.1 Å². The van der Waals surface area contributed by atoms with Gasteiger partial charge in [0.05, 0.1) is 19.1 Å². The Morgan fingerprint density at radius 2 is 1.58 bits per heavy atom. The van der Waals surface area contributed by atoms with Crippen molar-refractivity contribution in [3.8, 4) is 5.75 Å². The Morgan fingerprint density at radius 1 is 1.00 bits per heavy atom. The molecule has 0 bridgehead atoms. The molecule has 7 nitrogen and oxygen atoms in total. The topological polar surface area (TPSA) is 88.6 Å². The first-order valence-corrected chi connectivity index (χ1v) is 11.5. The van der Waals surface area contributed by atoms with Crippen molar-refractivity contribution in [2.75, 3.05) is 23.0 Å². The van der Waals surface area contributed by atoms with Crippen LogP contribution in [0.4, 0.5) is 11.4 Å². The first-order valence-electron chi connectivity index (χ1n) is 9.70. The predicted molar refractivity (Wildman–Crippen MR) is 122 cm³/mol. The Bertz CT molecular complexity index is 1120. The molecule has 8 heteroatoms. The van der Waals surface area contributed by atoms with Gasteiger partial charge in [-0.25, -0.2) is 8.42 Å². The summed E-state index contributed by atoms with van der Waals surface area (Å²) in [6, 6.07) is 17.0. The molecule has 1 atom stereocenters. The highest BCUT2D eigenvalue weighted by atomic mass is 32.2. The minimum Gasteiger partial charge on any atom is -0.497 e. The van der Waals surface area contributed by atoms with Crippen molar-refractivity contribution in [1.29, 1.82) is 0 Å². The van der Waals surface area contributed by atoms with Crippen molar-refractivity contribution in [3.63, 3.8) is 0 Å². The first-order chi connectivity index (χ1) is 14.8. The van der Waals surface area contributed by atoms with E-state index in [1.165, 1.54) is 7.11 Å². The zero-order valence-electron chi connectivity index (χ0n) is 17.6. The third-order valence-electron chi connectivity index (χ3n) is 4.79. The Balaban J connectivity index is 1.72. The molecule has 162 valence electrons. The van der Waals surface area contributed by atoms with Crippen molar-refractivity contribution in [2.45, 2.75) is 19.4 Å². The van der Waals surface area contributed by atoms with Crippen LogP contribution in [-0.2, 0) is 21.2 Å². The van der Waals surface area contributed by atoms with E-state index in [1.54, 1.807) is 55.7 Å². The summed E-state index contributed by atoms with van der Waals surface area (Å²) in [6.07, 6.45) is 5.34. The minimum atomic E-state index is -3.69. The first kappa shape index (κ1) is 22.3. The molecule has 3 rings (SSSR count). The van der Waals surface area contributed by atoms with Gasteiger partial charge in [0.25, 0.3) is 0 Å². The van der Waals surface area contributed by atoms with Crippen LogP contribution in [0.3, 0.4) is 0 Å². The van der Waals surface area contributed by atoms with E-state index in [-0.39, 0.29) is 0 Å². The van der Waals surface area contributed by atoms with Crippen LogP contribution in [0.25, 0.3) is 0 Å². The summed E-state index contributed by atoms with van der Waals surface area (Å²) in [5, 5.41) is 2.80. The second kappa shape index (κ2) is 9.61. The van der Waals surface area contributed by atoms with Crippen molar-refractivity contribution in [1.82, 2.24) is 4.98 Å². The molecule has 3 aromatic rings. The molecule has 1 heterocycles. The lowest BCUT2D eigenvalue weighted by Gasteiger charge is -2.28. The number of nitrogens with one attached hydrogen (secondary N) is 1. The largest absolute Gasteiger partial charge is 0.497 e. The predicted octanol–water partition coefficient (Wildman–Crippen LogP) is 3.47. The zero-order valence-corrected chi connectivity index (χ0v) is 18.5. The van der Waals surface area contributed by atoms with Crippen LogP contribution in [0.2, 0.25) is 0 Å². The van der Waals surface area contributed by atoms with E-state index in [2.05, 4.69) is 10.3 Å². The van der Waals surface area contributed by atoms with Crippen molar-refractivity contribution in [2.24, 2.45) is 0 Å². The van der Waals surface area contributed by atoms with Gasteiger partial charge in [0.15, 0.2) is 0 Å². The van der Waals surface area contributed by atoms with Crippen LogP contribution in [0.15, 0.2) is 73.1 Å². The number of pyridine rings is 1. The minimum absolute atomic E-state index is 0.388. The molecule has 1 aromatic heterocycles. The number of hydrogen-bond acceptors (Lipinski definition) is 5. The molecule has 0 fully saturated rings. The van der Waals surface area contributed by atoms with E-state index in [1.807, 2.05) is 24.3 Å². The van der Waals surface area contributed by atoms with Crippen molar-refractivity contribution >= 4 is 27.3 Å². The summed E-state index contributed by atoms with van der Waals surface area (Å²) in [5.41, 5.74) is 3.22. The van der Waals surface area contributed by atoms with E-state index in [0.717, 1.165) is 28.1 Å². The lowest BCUT2D eigenvalue weighted by Crippen LogP contribution is -2.45. The third-order valence-corrected chi connectivity index (χ3v) is 6.04. The zero-order chi connectivity index (χ0) is 22.4. The van der Waals surface area contributed by atoms with Crippen LogP contribution in [0.1, 0.15) is 18.1 Å². The van der Waals surface area contributed by atoms with Crippen LogP contribution in [0, 0.1) is 0 Å². The van der Waals surface area contributed by atoms with Gasteiger partial charge in [-0.3, -0.25) is 14.1 Å². The lowest BCUT2D eigenvalue weighted by atomic mass is 10.1. The average molecular weight is 440 g/mol. The van der Waals surface area contributed by atoms with Gasteiger partial charge >= 0.3 is 0 Å². The van der Waals surface area contributed by atoms with E-state index in [0.29, 0.717) is 17.1 Å². The molecule has 0 aliphatic rings. The van der Waals surface area contributed by atoms with E-state index < -0.39 is 22.0 Å². The van der Waals surface area contributed by atoms with Gasteiger partial charge in [-0.05, 0) is 73.0 Å². The smallest absolute Gasteiger partial charge is 0.247 e. The Kier molecular flexibility index (Phi) is 6.91. The molecule has 1 amide bonds. The monoisotopic (exact) mass is 439 g/mol. The van der Waals surface area contributed by atoms with Gasteiger partial charge in [-0.2, -0.15) is 0 Å². The average Bonchev–Trinajstić information content (AvgIpc) is 2.75. The highest BCUT2D eigenvalue weighted by molar-refractivity contribution is 7.92. The normalized spacial score (nSPS) is 12.1. The SMILES string of the molecule is COc1ccc(N([C@H](C)C(=O)Nc2ccc(Cc3ccncc3)cc2)S(C)(=O)=O)cc1. The number of aromatic nitrogens is 1. The molecule has 0 aliphatic carbocycles. The molecule has 31 heavy (non-hydrogen) atoms. The molecule has 1 N–H and O–H groups in total. The molecule has 2 aromatic carbocycles. The summed E-state index contributed by atoms with van der Waals surface area (Å²) in [7, 11) is -2.16. The number of methoxy groups -OCH3 is 1. The second-order valence-corrected chi connectivity index (χ2v) is 9.01. The molecular formula is C23H25N3O4S. The van der Waals surface area contributed by atoms with Crippen LogP contribution >= 0.6 is 0 Å².